The molecule has 0 aliphatic carbocycles. The Bertz CT molecular complexity index is 994. The smallest absolute Gasteiger partial charge is 0.238 e. The number of likely N-dealkylation sites (tertiary alicyclic amines) is 1. The molecule has 1 aromatic carbocycles. The molecule has 9 heteroatoms. The van der Waals surface area contributed by atoms with Gasteiger partial charge >= 0.3 is 0 Å². The topological polar surface area (TPSA) is 80.1 Å². The van der Waals surface area contributed by atoms with Crippen molar-refractivity contribution >= 4 is 40.9 Å². The largest absolute Gasteiger partial charge is 0.332 e. The second-order valence-corrected chi connectivity index (χ2v) is 9.80. The van der Waals surface area contributed by atoms with Crippen LogP contribution in [0.15, 0.2) is 23.1 Å². The summed E-state index contributed by atoms with van der Waals surface area (Å²) in [5.74, 6) is 1.82. The van der Waals surface area contributed by atoms with Crippen molar-refractivity contribution in [1.29, 1.82) is 0 Å². The number of hydrogen-bond acceptors (Lipinski definition) is 5. The van der Waals surface area contributed by atoms with E-state index in [0.29, 0.717) is 17.3 Å². The molecular weight excluding hydrogens is 422 g/mol. The zero-order chi connectivity index (χ0) is 20.7. The van der Waals surface area contributed by atoms with Gasteiger partial charge in [-0.15, -0.1) is 22.0 Å². The number of halogens is 1. The predicted octanol–water partition coefficient (Wildman–Crippen LogP) is 3.82. The van der Waals surface area contributed by atoms with Crippen molar-refractivity contribution in [2.45, 2.75) is 67.7 Å². The molecule has 1 fully saturated rings. The van der Waals surface area contributed by atoms with Crippen molar-refractivity contribution in [3.05, 3.63) is 34.9 Å². The number of thioether (sulfide) groups is 1. The van der Waals surface area contributed by atoms with Gasteiger partial charge in [-0.2, -0.15) is 0 Å². The minimum absolute atomic E-state index is 0.00790. The van der Waals surface area contributed by atoms with Gasteiger partial charge in [-0.25, -0.2) is 0 Å². The summed E-state index contributed by atoms with van der Waals surface area (Å²) in [5, 5.41) is 11.9. The number of benzene rings is 1. The number of carbonyl (C=O) groups excluding carboxylic acids is 2. The quantitative estimate of drug-likeness (QED) is 0.776. The molecule has 1 saturated heterocycles. The standard InChI is InChI=1S/C21H24ClN5O2S/c22-13-7-8-16-14(11-13)23-21(29)17(30-16)12-19(28)26-10-4-5-15(26)20-25-24-18-6-2-1-3-9-27(18)20/h7-8,11,15,17H,1-6,9-10,12H2,(H,23,29). The fourth-order valence-electron chi connectivity index (χ4n) is 4.62. The van der Waals surface area contributed by atoms with Crippen LogP contribution in [0.25, 0.3) is 0 Å². The molecule has 3 aliphatic rings. The van der Waals surface area contributed by atoms with Gasteiger partial charge in [-0.3, -0.25) is 9.59 Å². The summed E-state index contributed by atoms with van der Waals surface area (Å²) in [6.45, 7) is 1.63. The number of carbonyl (C=O) groups is 2. The molecule has 158 valence electrons. The Balaban J connectivity index is 1.32. The highest BCUT2D eigenvalue weighted by molar-refractivity contribution is 8.01. The number of rotatable bonds is 3. The first-order valence-corrected chi connectivity index (χ1v) is 11.8. The average Bonchev–Trinajstić information content (AvgIpc) is 3.29. The van der Waals surface area contributed by atoms with Crippen LogP contribution in [-0.4, -0.2) is 43.3 Å². The third-order valence-corrected chi connectivity index (χ3v) is 7.64. The maximum absolute atomic E-state index is 13.2. The van der Waals surface area contributed by atoms with Gasteiger partial charge in [0.15, 0.2) is 5.82 Å². The zero-order valence-electron chi connectivity index (χ0n) is 16.6. The highest BCUT2D eigenvalue weighted by Gasteiger charge is 2.37. The van der Waals surface area contributed by atoms with Gasteiger partial charge in [-0.05, 0) is 43.9 Å². The van der Waals surface area contributed by atoms with Crippen LogP contribution in [0.1, 0.15) is 56.2 Å². The van der Waals surface area contributed by atoms with E-state index >= 15 is 0 Å². The van der Waals surface area contributed by atoms with Crippen LogP contribution in [0.3, 0.4) is 0 Å². The normalized spacial score (nSPS) is 23.5. The summed E-state index contributed by atoms with van der Waals surface area (Å²) in [7, 11) is 0. The first-order chi connectivity index (χ1) is 14.6. The average molecular weight is 446 g/mol. The number of amides is 2. The Kier molecular flexibility index (Phi) is 5.45. The molecule has 4 heterocycles. The van der Waals surface area contributed by atoms with Crippen molar-refractivity contribution in [3.63, 3.8) is 0 Å². The Labute approximate surface area is 184 Å². The number of aryl methyl sites for hydroxylation is 1. The van der Waals surface area contributed by atoms with Crippen LogP contribution >= 0.6 is 23.4 Å². The van der Waals surface area contributed by atoms with Gasteiger partial charge in [0.25, 0.3) is 0 Å². The van der Waals surface area contributed by atoms with Crippen LogP contribution in [0, 0.1) is 0 Å². The summed E-state index contributed by atoms with van der Waals surface area (Å²) in [4.78, 5) is 28.7. The van der Waals surface area contributed by atoms with Crippen LogP contribution in [-0.2, 0) is 22.6 Å². The monoisotopic (exact) mass is 445 g/mol. The molecule has 0 spiro atoms. The molecule has 2 amide bonds. The molecule has 30 heavy (non-hydrogen) atoms. The summed E-state index contributed by atoms with van der Waals surface area (Å²) in [6.07, 6.45) is 6.45. The lowest BCUT2D eigenvalue weighted by Gasteiger charge is -2.28. The van der Waals surface area contributed by atoms with E-state index < -0.39 is 5.25 Å². The molecule has 3 aliphatic heterocycles. The molecule has 2 aromatic rings. The van der Waals surface area contributed by atoms with Crippen LogP contribution in [0.2, 0.25) is 5.02 Å². The summed E-state index contributed by atoms with van der Waals surface area (Å²) in [6, 6.07) is 5.40. The van der Waals surface area contributed by atoms with Crippen molar-refractivity contribution < 1.29 is 9.59 Å². The van der Waals surface area contributed by atoms with Gasteiger partial charge in [0, 0.05) is 35.8 Å². The van der Waals surface area contributed by atoms with E-state index in [-0.39, 0.29) is 24.3 Å². The second-order valence-electron chi connectivity index (χ2n) is 8.12. The molecule has 2 atom stereocenters. The lowest BCUT2D eigenvalue weighted by Crippen LogP contribution is -2.38. The number of hydrogen-bond donors (Lipinski definition) is 1. The molecule has 0 saturated carbocycles. The summed E-state index contributed by atoms with van der Waals surface area (Å²) >= 11 is 7.46. The van der Waals surface area contributed by atoms with Gasteiger partial charge in [0.1, 0.15) is 5.82 Å². The van der Waals surface area contributed by atoms with Gasteiger partial charge in [-0.1, -0.05) is 18.0 Å². The van der Waals surface area contributed by atoms with Crippen molar-refractivity contribution in [2.24, 2.45) is 0 Å². The number of nitrogens with zero attached hydrogens (tertiary/aromatic N) is 4. The van der Waals surface area contributed by atoms with E-state index in [0.717, 1.165) is 55.2 Å². The molecule has 1 aromatic heterocycles. The Morgan fingerprint density at radius 2 is 2.10 bits per heavy atom. The number of aromatic nitrogens is 3. The molecular formula is C21H24ClN5O2S. The van der Waals surface area contributed by atoms with E-state index in [9.17, 15) is 9.59 Å². The van der Waals surface area contributed by atoms with Gasteiger partial charge in [0.05, 0.1) is 17.0 Å². The fourth-order valence-corrected chi connectivity index (χ4v) is 5.87. The third-order valence-electron chi connectivity index (χ3n) is 6.13. The van der Waals surface area contributed by atoms with E-state index in [1.807, 2.05) is 11.0 Å². The first-order valence-electron chi connectivity index (χ1n) is 10.6. The molecule has 5 rings (SSSR count). The third kappa shape index (κ3) is 3.71. The number of nitrogens with one attached hydrogen (secondary N) is 1. The highest BCUT2D eigenvalue weighted by Crippen LogP contribution is 2.39. The number of anilines is 1. The maximum atomic E-state index is 13.2. The fraction of sp³-hybridized carbons (Fsp3) is 0.524. The molecule has 0 bridgehead atoms. The highest BCUT2D eigenvalue weighted by atomic mass is 35.5. The number of fused-ring (bicyclic) bond motifs is 2. The minimum Gasteiger partial charge on any atom is -0.332 e. The lowest BCUT2D eigenvalue weighted by molar-refractivity contribution is -0.133. The van der Waals surface area contributed by atoms with Gasteiger partial charge < -0.3 is 14.8 Å². The Morgan fingerprint density at radius 3 is 3.00 bits per heavy atom. The zero-order valence-corrected chi connectivity index (χ0v) is 18.2. The van der Waals surface area contributed by atoms with Crippen LogP contribution < -0.4 is 5.32 Å². The molecule has 2 unspecified atom stereocenters. The molecule has 7 nitrogen and oxygen atoms in total. The lowest BCUT2D eigenvalue weighted by atomic mass is 10.1. The van der Waals surface area contributed by atoms with E-state index in [1.54, 1.807) is 12.1 Å². The van der Waals surface area contributed by atoms with Crippen LogP contribution in [0.4, 0.5) is 5.69 Å². The van der Waals surface area contributed by atoms with Gasteiger partial charge in [0.2, 0.25) is 11.8 Å². The Morgan fingerprint density at radius 1 is 1.20 bits per heavy atom. The van der Waals surface area contributed by atoms with E-state index in [1.165, 1.54) is 18.2 Å². The van der Waals surface area contributed by atoms with Crippen molar-refractivity contribution in [1.82, 2.24) is 19.7 Å². The predicted molar refractivity (Wildman–Crippen MR) is 116 cm³/mol. The van der Waals surface area contributed by atoms with Crippen LogP contribution in [0.5, 0.6) is 0 Å². The Hall–Kier alpha value is -2.06. The van der Waals surface area contributed by atoms with Crippen molar-refractivity contribution in [2.75, 3.05) is 11.9 Å². The summed E-state index contributed by atoms with van der Waals surface area (Å²) in [5.41, 5.74) is 0.714. The van der Waals surface area contributed by atoms with E-state index in [2.05, 4.69) is 20.1 Å². The maximum Gasteiger partial charge on any atom is 0.238 e. The van der Waals surface area contributed by atoms with E-state index in [4.69, 9.17) is 11.6 Å². The first kappa shape index (κ1) is 19.9. The SMILES string of the molecule is O=C1Nc2cc(Cl)ccc2SC1CC(=O)N1CCCC1c1nnc2n1CCCCC2. The second kappa shape index (κ2) is 8.23. The minimum atomic E-state index is -0.442. The molecule has 1 N–H and O–H groups in total. The summed E-state index contributed by atoms with van der Waals surface area (Å²) < 4.78 is 2.23. The molecule has 0 radical (unpaired) electrons. The van der Waals surface area contributed by atoms with Crippen molar-refractivity contribution in [3.8, 4) is 0 Å².